The molecule has 1 aliphatic carbocycles. The second-order valence-electron chi connectivity index (χ2n) is 4.53. The molecule has 0 bridgehead atoms. The molecule has 0 atom stereocenters. The Morgan fingerprint density at radius 1 is 1.35 bits per heavy atom. The van der Waals surface area contributed by atoms with E-state index in [-0.39, 0.29) is 11.4 Å². The van der Waals surface area contributed by atoms with Crippen LogP contribution in [0.3, 0.4) is 0 Å². The second kappa shape index (κ2) is 4.78. The van der Waals surface area contributed by atoms with Gasteiger partial charge in [-0.1, -0.05) is 18.6 Å². The number of anilines is 1. The minimum Gasteiger partial charge on any atom is -0.468 e. The predicted octanol–water partition coefficient (Wildman–Crippen LogP) is 2.71. The van der Waals surface area contributed by atoms with E-state index in [0.717, 1.165) is 37.1 Å². The molecule has 1 aromatic rings. The van der Waals surface area contributed by atoms with Gasteiger partial charge >= 0.3 is 5.97 Å². The van der Waals surface area contributed by atoms with Gasteiger partial charge in [-0.2, -0.15) is 0 Å². The van der Waals surface area contributed by atoms with Crippen LogP contribution in [0.2, 0.25) is 0 Å². The minimum absolute atomic E-state index is 0.0973. The molecule has 1 fully saturated rings. The first-order valence-electron chi connectivity index (χ1n) is 6.16. The van der Waals surface area contributed by atoms with Gasteiger partial charge in [0.1, 0.15) is 0 Å². The van der Waals surface area contributed by atoms with Crippen molar-refractivity contribution in [3.63, 3.8) is 0 Å². The van der Waals surface area contributed by atoms with Crippen LogP contribution in [0.15, 0.2) is 24.3 Å². The van der Waals surface area contributed by atoms with Crippen molar-refractivity contribution in [2.45, 2.75) is 31.6 Å². The van der Waals surface area contributed by atoms with Crippen LogP contribution in [0.4, 0.5) is 5.69 Å². The summed E-state index contributed by atoms with van der Waals surface area (Å²) in [5, 5.41) is 3.25. The molecule has 1 saturated carbocycles. The van der Waals surface area contributed by atoms with E-state index in [1.165, 1.54) is 7.11 Å². The normalized spacial score (nSPS) is 17.1. The monoisotopic (exact) mass is 233 g/mol. The van der Waals surface area contributed by atoms with Crippen molar-refractivity contribution < 1.29 is 9.53 Å². The maximum Gasteiger partial charge on any atom is 0.316 e. The molecule has 92 valence electrons. The summed E-state index contributed by atoms with van der Waals surface area (Å²) in [7, 11) is 1.47. The fraction of sp³-hybridized carbons (Fsp3) is 0.500. The average molecular weight is 233 g/mol. The van der Waals surface area contributed by atoms with Crippen LogP contribution >= 0.6 is 0 Å². The topological polar surface area (TPSA) is 38.3 Å². The molecule has 1 aromatic carbocycles. The molecule has 0 spiro atoms. The summed E-state index contributed by atoms with van der Waals surface area (Å²) in [5.41, 5.74) is 1.80. The van der Waals surface area contributed by atoms with Gasteiger partial charge in [-0.3, -0.25) is 4.79 Å². The average Bonchev–Trinajstić information content (AvgIpc) is 2.30. The van der Waals surface area contributed by atoms with Crippen molar-refractivity contribution in [1.29, 1.82) is 0 Å². The molecule has 3 heteroatoms. The molecule has 17 heavy (non-hydrogen) atoms. The zero-order valence-corrected chi connectivity index (χ0v) is 10.5. The van der Waals surface area contributed by atoms with Crippen LogP contribution in [0.5, 0.6) is 0 Å². The zero-order chi connectivity index (χ0) is 12.3. The Morgan fingerprint density at radius 3 is 2.41 bits per heavy atom. The molecule has 0 saturated heterocycles. The number of nitrogens with one attached hydrogen (secondary N) is 1. The molecule has 1 N–H and O–H groups in total. The van der Waals surface area contributed by atoms with Crippen molar-refractivity contribution in [3.05, 3.63) is 29.8 Å². The molecule has 0 amide bonds. The Bertz CT molecular complexity index is 393. The third-order valence-corrected chi connectivity index (χ3v) is 3.60. The first-order chi connectivity index (χ1) is 8.23. The number of carbonyl (C=O) groups excluding carboxylic acids is 1. The van der Waals surface area contributed by atoms with E-state index in [2.05, 4.69) is 12.2 Å². The Balaban J connectivity index is 2.23. The molecule has 0 heterocycles. The van der Waals surface area contributed by atoms with E-state index >= 15 is 0 Å². The molecule has 2 rings (SSSR count). The lowest BCUT2D eigenvalue weighted by atomic mass is 9.64. The number of methoxy groups -OCH3 is 1. The van der Waals surface area contributed by atoms with Crippen LogP contribution in [-0.2, 0) is 14.9 Å². The molecule has 1 aliphatic rings. The second-order valence-corrected chi connectivity index (χ2v) is 4.53. The van der Waals surface area contributed by atoms with Crippen LogP contribution in [0, 0.1) is 0 Å². The van der Waals surface area contributed by atoms with Gasteiger partial charge in [0.05, 0.1) is 12.5 Å². The lowest BCUT2D eigenvalue weighted by Gasteiger charge is -2.39. The molecule has 0 aliphatic heterocycles. The van der Waals surface area contributed by atoms with Crippen LogP contribution in [0.1, 0.15) is 31.7 Å². The number of hydrogen-bond acceptors (Lipinski definition) is 3. The third-order valence-electron chi connectivity index (χ3n) is 3.60. The van der Waals surface area contributed by atoms with E-state index < -0.39 is 0 Å². The van der Waals surface area contributed by atoms with Gasteiger partial charge in [-0.25, -0.2) is 0 Å². The summed E-state index contributed by atoms with van der Waals surface area (Å²) in [6, 6.07) is 8.13. The lowest BCUT2D eigenvalue weighted by Crippen LogP contribution is -2.43. The first kappa shape index (κ1) is 12.0. The third kappa shape index (κ3) is 2.02. The number of carbonyl (C=O) groups is 1. The van der Waals surface area contributed by atoms with Gasteiger partial charge < -0.3 is 10.1 Å². The number of benzene rings is 1. The quantitative estimate of drug-likeness (QED) is 0.813. The highest BCUT2D eigenvalue weighted by atomic mass is 16.5. The van der Waals surface area contributed by atoms with E-state index in [0.29, 0.717) is 0 Å². The Labute approximate surface area is 102 Å². The summed E-state index contributed by atoms with van der Waals surface area (Å²) in [4.78, 5) is 11.9. The van der Waals surface area contributed by atoms with Crippen molar-refractivity contribution in [2.24, 2.45) is 0 Å². The van der Waals surface area contributed by atoms with Gasteiger partial charge in [-0.05, 0) is 37.5 Å². The smallest absolute Gasteiger partial charge is 0.316 e. The fourth-order valence-corrected chi connectivity index (χ4v) is 2.45. The lowest BCUT2D eigenvalue weighted by molar-refractivity contribution is -0.151. The Hall–Kier alpha value is -1.51. The van der Waals surface area contributed by atoms with Gasteiger partial charge in [0, 0.05) is 12.2 Å². The zero-order valence-electron chi connectivity index (χ0n) is 10.5. The summed E-state index contributed by atoms with van der Waals surface area (Å²) in [5.74, 6) is -0.0973. The maximum absolute atomic E-state index is 11.9. The molecule has 3 nitrogen and oxygen atoms in total. The van der Waals surface area contributed by atoms with E-state index in [4.69, 9.17) is 4.74 Å². The van der Waals surface area contributed by atoms with Crippen molar-refractivity contribution in [2.75, 3.05) is 19.0 Å². The maximum atomic E-state index is 11.9. The first-order valence-corrected chi connectivity index (χ1v) is 6.16. The fourth-order valence-electron chi connectivity index (χ4n) is 2.45. The Kier molecular flexibility index (Phi) is 3.36. The highest BCUT2D eigenvalue weighted by Crippen LogP contribution is 2.44. The number of esters is 1. The van der Waals surface area contributed by atoms with Crippen LogP contribution < -0.4 is 5.32 Å². The molecular weight excluding hydrogens is 214 g/mol. The highest BCUT2D eigenvalue weighted by molar-refractivity contribution is 5.84. The van der Waals surface area contributed by atoms with Gasteiger partial charge in [-0.15, -0.1) is 0 Å². The number of ether oxygens (including phenoxy) is 1. The van der Waals surface area contributed by atoms with Gasteiger partial charge in [0.25, 0.3) is 0 Å². The van der Waals surface area contributed by atoms with Gasteiger partial charge in [0.15, 0.2) is 0 Å². The summed E-state index contributed by atoms with van der Waals surface area (Å²) >= 11 is 0. The van der Waals surface area contributed by atoms with E-state index in [1.54, 1.807) is 0 Å². The molecule has 0 radical (unpaired) electrons. The summed E-state index contributed by atoms with van der Waals surface area (Å²) in [6.45, 7) is 2.97. The van der Waals surface area contributed by atoms with Gasteiger partial charge in [0.2, 0.25) is 0 Å². The number of rotatable bonds is 4. The van der Waals surface area contributed by atoms with Crippen LogP contribution in [-0.4, -0.2) is 19.6 Å². The van der Waals surface area contributed by atoms with Crippen molar-refractivity contribution in [3.8, 4) is 0 Å². The van der Waals surface area contributed by atoms with E-state index in [1.807, 2.05) is 24.3 Å². The Morgan fingerprint density at radius 2 is 2.00 bits per heavy atom. The van der Waals surface area contributed by atoms with Crippen molar-refractivity contribution >= 4 is 11.7 Å². The molecule has 0 unspecified atom stereocenters. The number of hydrogen-bond donors (Lipinski definition) is 1. The summed E-state index contributed by atoms with van der Waals surface area (Å²) in [6.07, 6.45) is 2.91. The molecule has 0 aromatic heterocycles. The largest absolute Gasteiger partial charge is 0.468 e. The standard InChI is InChI=1S/C14H19NO2/c1-3-15-12-7-5-11(6-8-12)14(9-4-10-14)13(16)17-2/h5-8,15H,3-4,9-10H2,1-2H3. The molecular formula is C14H19NO2. The SMILES string of the molecule is CCNc1ccc(C2(C(=O)OC)CCC2)cc1. The highest BCUT2D eigenvalue weighted by Gasteiger charge is 2.46. The van der Waals surface area contributed by atoms with Crippen molar-refractivity contribution in [1.82, 2.24) is 0 Å². The minimum atomic E-state index is -0.376. The van der Waals surface area contributed by atoms with E-state index in [9.17, 15) is 4.79 Å². The van der Waals surface area contributed by atoms with Crippen LogP contribution in [0.25, 0.3) is 0 Å². The summed E-state index contributed by atoms with van der Waals surface area (Å²) < 4.78 is 4.94. The predicted molar refractivity (Wildman–Crippen MR) is 68.2 cm³/mol.